The van der Waals surface area contributed by atoms with Crippen LogP contribution in [-0.4, -0.2) is 37.8 Å². The largest absolute Gasteiger partial charge is 0.380 e. The number of aryl methyl sites for hydroxylation is 2. The van der Waals surface area contributed by atoms with Gasteiger partial charge in [0.05, 0.1) is 16.8 Å². The summed E-state index contributed by atoms with van der Waals surface area (Å²) in [7, 11) is 3.95. The van der Waals surface area contributed by atoms with E-state index in [0.29, 0.717) is 30.1 Å². The van der Waals surface area contributed by atoms with Crippen molar-refractivity contribution in [3.8, 4) is 0 Å². The lowest BCUT2D eigenvalue weighted by Crippen LogP contribution is -2.19. The van der Waals surface area contributed by atoms with Gasteiger partial charge in [0.15, 0.2) is 4.80 Å². The predicted octanol–water partition coefficient (Wildman–Crippen LogP) is 4.16. The third-order valence-electron chi connectivity index (χ3n) is 4.61. The minimum atomic E-state index is -0.226. The van der Waals surface area contributed by atoms with Gasteiger partial charge in [-0.1, -0.05) is 17.4 Å². The quantitative estimate of drug-likeness (QED) is 0.587. The average molecular weight is 398 g/mol. The zero-order chi connectivity index (χ0) is 20.3. The van der Waals surface area contributed by atoms with Gasteiger partial charge in [-0.05, 0) is 62.2 Å². The molecule has 0 fully saturated rings. The molecule has 3 aromatic rings. The SMILES string of the molecule is CCOCCn1c(=NC(=O)c2ccc(N(C)C)cc2)sc2c(C)cc(C)cc21. The lowest BCUT2D eigenvalue weighted by Gasteiger charge is -2.11. The molecule has 0 saturated carbocycles. The Labute approximate surface area is 169 Å². The first kappa shape index (κ1) is 20.3. The number of carbonyl (C=O) groups is 1. The Morgan fingerprint density at radius 2 is 1.89 bits per heavy atom. The molecule has 0 bridgehead atoms. The van der Waals surface area contributed by atoms with E-state index in [0.717, 1.165) is 15.9 Å². The van der Waals surface area contributed by atoms with E-state index in [4.69, 9.17) is 4.74 Å². The lowest BCUT2D eigenvalue weighted by molar-refractivity contribution is 0.0996. The van der Waals surface area contributed by atoms with Crippen molar-refractivity contribution in [2.24, 2.45) is 4.99 Å². The van der Waals surface area contributed by atoms with E-state index in [2.05, 4.69) is 35.5 Å². The number of fused-ring (bicyclic) bond motifs is 1. The van der Waals surface area contributed by atoms with E-state index in [1.54, 1.807) is 11.3 Å². The van der Waals surface area contributed by atoms with Crippen molar-refractivity contribution >= 4 is 33.1 Å². The number of hydrogen-bond acceptors (Lipinski definition) is 4. The monoisotopic (exact) mass is 397 g/mol. The highest BCUT2D eigenvalue weighted by Gasteiger charge is 2.12. The van der Waals surface area contributed by atoms with Crippen molar-refractivity contribution in [2.75, 3.05) is 32.2 Å². The molecule has 148 valence electrons. The lowest BCUT2D eigenvalue weighted by atomic mass is 10.1. The summed E-state index contributed by atoms with van der Waals surface area (Å²) >= 11 is 1.56. The van der Waals surface area contributed by atoms with E-state index in [1.807, 2.05) is 50.2 Å². The highest BCUT2D eigenvalue weighted by molar-refractivity contribution is 7.16. The minimum absolute atomic E-state index is 0.226. The maximum absolute atomic E-state index is 12.8. The molecule has 0 aliphatic rings. The number of carbonyl (C=O) groups excluding carboxylic acids is 1. The van der Waals surface area contributed by atoms with Crippen molar-refractivity contribution in [3.63, 3.8) is 0 Å². The molecule has 0 N–H and O–H groups in total. The number of ether oxygens (including phenoxy) is 1. The molecule has 0 spiro atoms. The molecular formula is C22H27N3O2S. The number of aromatic nitrogens is 1. The summed E-state index contributed by atoms with van der Waals surface area (Å²) in [6.07, 6.45) is 0. The van der Waals surface area contributed by atoms with Crippen LogP contribution < -0.4 is 9.70 Å². The first-order chi connectivity index (χ1) is 13.4. The molecular weight excluding hydrogens is 370 g/mol. The smallest absolute Gasteiger partial charge is 0.279 e. The second kappa shape index (κ2) is 8.71. The Hall–Kier alpha value is -2.44. The van der Waals surface area contributed by atoms with E-state index < -0.39 is 0 Å². The van der Waals surface area contributed by atoms with Crippen LogP contribution in [0.15, 0.2) is 41.4 Å². The summed E-state index contributed by atoms with van der Waals surface area (Å²) in [5.41, 5.74) is 5.15. The Morgan fingerprint density at radius 1 is 1.18 bits per heavy atom. The fourth-order valence-corrected chi connectivity index (χ4v) is 4.27. The second-order valence-electron chi connectivity index (χ2n) is 7.02. The van der Waals surface area contributed by atoms with Gasteiger partial charge in [-0.15, -0.1) is 0 Å². The maximum Gasteiger partial charge on any atom is 0.279 e. The zero-order valence-corrected chi connectivity index (χ0v) is 18.0. The fourth-order valence-electron chi connectivity index (χ4n) is 3.17. The third-order valence-corrected chi connectivity index (χ3v) is 5.84. The first-order valence-electron chi connectivity index (χ1n) is 9.45. The molecule has 1 aromatic heterocycles. The van der Waals surface area contributed by atoms with Gasteiger partial charge in [-0.25, -0.2) is 0 Å². The molecule has 3 rings (SSSR count). The van der Waals surface area contributed by atoms with E-state index in [9.17, 15) is 4.79 Å². The summed E-state index contributed by atoms with van der Waals surface area (Å²) in [6, 6.07) is 11.8. The highest BCUT2D eigenvalue weighted by atomic mass is 32.1. The molecule has 2 aromatic carbocycles. The van der Waals surface area contributed by atoms with Crippen molar-refractivity contribution < 1.29 is 9.53 Å². The van der Waals surface area contributed by atoms with Crippen LogP contribution in [0.3, 0.4) is 0 Å². The highest BCUT2D eigenvalue weighted by Crippen LogP contribution is 2.23. The molecule has 6 heteroatoms. The van der Waals surface area contributed by atoms with Gasteiger partial charge in [-0.2, -0.15) is 4.99 Å². The number of benzene rings is 2. The van der Waals surface area contributed by atoms with Crippen molar-refractivity contribution in [2.45, 2.75) is 27.3 Å². The molecule has 0 aliphatic carbocycles. The number of amides is 1. The van der Waals surface area contributed by atoms with Crippen molar-refractivity contribution in [1.29, 1.82) is 0 Å². The van der Waals surface area contributed by atoms with Crippen molar-refractivity contribution in [1.82, 2.24) is 4.57 Å². The second-order valence-corrected chi connectivity index (χ2v) is 8.00. The molecule has 0 saturated heterocycles. The minimum Gasteiger partial charge on any atom is -0.380 e. The van der Waals surface area contributed by atoms with Crippen LogP contribution in [0.4, 0.5) is 5.69 Å². The topological polar surface area (TPSA) is 46.8 Å². The summed E-state index contributed by atoms with van der Waals surface area (Å²) in [5, 5.41) is 0. The number of rotatable bonds is 6. The van der Waals surface area contributed by atoms with E-state index in [-0.39, 0.29) is 5.91 Å². The molecule has 28 heavy (non-hydrogen) atoms. The van der Waals surface area contributed by atoms with Crippen molar-refractivity contribution in [3.05, 3.63) is 57.9 Å². The van der Waals surface area contributed by atoms with Crippen LogP contribution in [-0.2, 0) is 11.3 Å². The van der Waals surface area contributed by atoms with Gasteiger partial charge < -0.3 is 14.2 Å². The molecule has 0 unspecified atom stereocenters. The first-order valence-corrected chi connectivity index (χ1v) is 10.3. The Bertz CT molecular complexity index is 1050. The summed E-state index contributed by atoms with van der Waals surface area (Å²) in [6.45, 7) is 8.10. The zero-order valence-electron chi connectivity index (χ0n) is 17.2. The average Bonchev–Trinajstić information content (AvgIpc) is 2.99. The van der Waals surface area contributed by atoms with Crippen LogP contribution in [0.5, 0.6) is 0 Å². The van der Waals surface area contributed by atoms with Gasteiger partial charge in [0, 0.05) is 38.5 Å². The van der Waals surface area contributed by atoms with Gasteiger partial charge in [0.25, 0.3) is 5.91 Å². The number of nitrogens with zero attached hydrogens (tertiary/aromatic N) is 3. The molecule has 1 amide bonds. The number of anilines is 1. The summed E-state index contributed by atoms with van der Waals surface area (Å²) < 4.78 is 8.81. The van der Waals surface area contributed by atoms with Crippen LogP contribution in [0.25, 0.3) is 10.2 Å². The normalized spacial score (nSPS) is 12.0. The van der Waals surface area contributed by atoms with Crippen LogP contribution in [0.2, 0.25) is 0 Å². The number of thiazole rings is 1. The molecule has 0 aliphatic heterocycles. The van der Waals surface area contributed by atoms with Gasteiger partial charge >= 0.3 is 0 Å². The Balaban J connectivity index is 2.05. The molecule has 0 atom stereocenters. The van der Waals surface area contributed by atoms with Gasteiger partial charge in [-0.3, -0.25) is 4.79 Å². The summed E-state index contributed by atoms with van der Waals surface area (Å²) in [4.78, 5) is 20.0. The molecule has 0 radical (unpaired) electrons. The van der Waals surface area contributed by atoms with Gasteiger partial charge in [0.1, 0.15) is 0 Å². The number of hydrogen-bond donors (Lipinski definition) is 0. The van der Waals surface area contributed by atoms with Crippen LogP contribution >= 0.6 is 11.3 Å². The standard InChI is InChI=1S/C22H27N3O2S/c1-6-27-12-11-25-19-14-15(2)13-16(3)20(19)28-22(25)23-21(26)17-7-9-18(10-8-17)24(4)5/h7-10,13-14H,6,11-12H2,1-5H3. The van der Waals surface area contributed by atoms with E-state index >= 15 is 0 Å². The third kappa shape index (κ3) is 4.34. The Morgan fingerprint density at radius 3 is 2.54 bits per heavy atom. The molecule has 1 heterocycles. The maximum atomic E-state index is 12.8. The predicted molar refractivity (Wildman–Crippen MR) is 116 cm³/mol. The van der Waals surface area contributed by atoms with Crippen LogP contribution in [0.1, 0.15) is 28.4 Å². The van der Waals surface area contributed by atoms with Crippen LogP contribution in [0, 0.1) is 13.8 Å². The fraction of sp³-hybridized carbons (Fsp3) is 0.364. The summed E-state index contributed by atoms with van der Waals surface area (Å²) in [5.74, 6) is -0.226. The van der Waals surface area contributed by atoms with Gasteiger partial charge in [0.2, 0.25) is 0 Å². The Kier molecular flexibility index (Phi) is 6.31. The van der Waals surface area contributed by atoms with E-state index in [1.165, 1.54) is 11.1 Å². The molecule has 5 nitrogen and oxygen atoms in total.